The summed E-state index contributed by atoms with van der Waals surface area (Å²) in [6.07, 6.45) is 5.57. The van der Waals surface area contributed by atoms with Crippen molar-refractivity contribution in [3.8, 4) is 5.75 Å². The highest BCUT2D eigenvalue weighted by molar-refractivity contribution is 6.23. The van der Waals surface area contributed by atoms with E-state index in [0.29, 0.717) is 23.3 Å². The van der Waals surface area contributed by atoms with Gasteiger partial charge in [-0.1, -0.05) is 24.3 Å². The van der Waals surface area contributed by atoms with Gasteiger partial charge in [0.2, 0.25) is 11.8 Å². The second-order valence-corrected chi connectivity index (χ2v) is 6.84. The topological polar surface area (TPSA) is 46.6 Å². The zero-order valence-corrected chi connectivity index (χ0v) is 12.3. The molecule has 4 nitrogen and oxygen atoms in total. The fraction of sp³-hybridized carbons (Fsp3) is 0.444. The Labute approximate surface area is 128 Å². The molecule has 1 saturated heterocycles. The number of carbonyl (C=O) groups is 2. The zero-order valence-electron chi connectivity index (χ0n) is 12.3. The number of rotatable bonds is 2. The van der Waals surface area contributed by atoms with Crippen LogP contribution in [0.3, 0.4) is 0 Å². The Morgan fingerprint density at radius 1 is 1.00 bits per heavy atom. The van der Waals surface area contributed by atoms with Gasteiger partial charge in [0.15, 0.2) is 0 Å². The number of anilines is 1. The van der Waals surface area contributed by atoms with E-state index in [2.05, 4.69) is 12.2 Å². The number of benzene rings is 1. The van der Waals surface area contributed by atoms with Crippen molar-refractivity contribution in [2.24, 2.45) is 35.5 Å². The lowest BCUT2D eigenvalue weighted by molar-refractivity contribution is -0.124. The van der Waals surface area contributed by atoms with E-state index in [-0.39, 0.29) is 35.5 Å². The van der Waals surface area contributed by atoms with Gasteiger partial charge in [-0.25, -0.2) is 4.90 Å². The molecule has 112 valence electrons. The van der Waals surface area contributed by atoms with Crippen LogP contribution in [0, 0.1) is 35.5 Å². The molecule has 1 aromatic carbocycles. The van der Waals surface area contributed by atoms with Gasteiger partial charge in [-0.05, 0) is 42.2 Å². The predicted octanol–water partition coefficient (Wildman–Crippen LogP) is 2.25. The Bertz CT molecular complexity index is 689. The first-order valence-electron chi connectivity index (χ1n) is 7.91. The number of ether oxygens (including phenoxy) is 1. The molecule has 5 aliphatic rings. The predicted molar refractivity (Wildman–Crippen MR) is 80.2 cm³/mol. The van der Waals surface area contributed by atoms with E-state index in [0.717, 1.165) is 0 Å². The highest BCUT2D eigenvalue weighted by atomic mass is 16.5. The molecule has 4 heteroatoms. The average molecular weight is 295 g/mol. The third kappa shape index (κ3) is 1.33. The van der Waals surface area contributed by atoms with Gasteiger partial charge in [-0.3, -0.25) is 9.59 Å². The van der Waals surface area contributed by atoms with Gasteiger partial charge >= 0.3 is 0 Å². The molecular formula is C18H17NO3. The standard InChI is InChI=1S/C18H17NO3/c1-22-14-5-3-2-4-13(14)19-17(20)15-9-6-7-10(12-8-11(9)12)16(15)18(19)21/h2-7,9-12,15-16H,8H2,1H3/t9-,10-,11-,12+,15+,16-/m1/s1. The van der Waals surface area contributed by atoms with Crippen molar-refractivity contribution in [2.75, 3.05) is 12.0 Å². The molecule has 0 spiro atoms. The maximum Gasteiger partial charge on any atom is 0.238 e. The van der Waals surface area contributed by atoms with Crippen LogP contribution in [-0.2, 0) is 9.59 Å². The largest absolute Gasteiger partial charge is 0.495 e. The van der Waals surface area contributed by atoms with Crippen LogP contribution >= 0.6 is 0 Å². The minimum absolute atomic E-state index is 0.0378. The van der Waals surface area contributed by atoms with Crippen LogP contribution in [-0.4, -0.2) is 18.9 Å². The second kappa shape index (κ2) is 4.00. The van der Waals surface area contributed by atoms with Crippen LogP contribution in [0.5, 0.6) is 5.75 Å². The monoisotopic (exact) mass is 295 g/mol. The third-order valence-corrected chi connectivity index (χ3v) is 5.99. The molecule has 0 radical (unpaired) electrons. The normalized spacial score (nSPS) is 40.7. The molecule has 0 aromatic heterocycles. The van der Waals surface area contributed by atoms with Crippen LogP contribution in [0.1, 0.15) is 6.42 Å². The molecule has 3 fully saturated rings. The molecule has 2 bridgehead atoms. The lowest BCUT2D eigenvalue weighted by atomic mass is 9.63. The Balaban J connectivity index is 1.60. The van der Waals surface area contributed by atoms with Gasteiger partial charge < -0.3 is 4.74 Å². The van der Waals surface area contributed by atoms with Crippen LogP contribution in [0.25, 0.3) is 0 Å². The van der Waals surface area contributed by atoms with Crippen LogP contribution < -0.4 is 9.64 Å². The summed E-state index contributed by atoms with van der Waals surface area (Å²) in [5.41, 5.74) is 0.586. The quantitative estimate of drug-likeness (QED) is 0.621. The lowest BCUT2D eigenvalue weighted by Crippen LogP contribution is -2.40. The van der Waals surface area contributed by atoms with E-state index < -0.39 is 0 Å². The van der Waals surface area contributed by atoms with E-state index in [1.54, 1.807) is 19.2 Å². The number of carbonyl (C=O) groups excluding carboxylic acids is 2. The summed E-state index contributed by atoms with van der Waals surface area (Å²) < 4.78 is 5.35. The summed E-state index contributed by atoms with van der Waals surface area (Å²) >= 11 is 0. The van der Waals surface area contributed by atoms with Crippen molar-refractivity contribution in [2.45, 2.75) is 6.42 Å². The number of methoxy groups -OCH3 is 1. The van der Waals surface area contributed by atoms with Crippen molar-refractivity contribution < 1.29 is 14.3 Å². The highest BCUT2D eigenvalue weighted by Gasteiger charge is 2.67. The fourth-order valence-electron chi connectivity index (χ4n) is 5.01. The third-order valence-electron chi connectivity index (χ3n) is 5.99. The summed E-state index contributed by atoms with van der Waals surface area (Å²) in [7, 11) is 1.57. The Hall–Kier alpha value is -2.10. The van der Waals surface area contributed by atoms with Gasteiger partial charge in [0.25, 0.3) is 0 Å². The Kier molecular flexibility index (Phi) is 2.26. The smallest absolute Gasteiger partial charge is 0.238 e. The maximum atomic E-state index is 13.0. The molecule has 4 aliphatic carbocycles. The van der Waals surface area contributed by atoms with Crippen molar-refractivity contribution >= 4 is 17.5 Å². The number of imide groups is 1. The maximum absolute atomic E-state index is 13.0. The Morgan fingerprint density at radius 2 is 1.59 bits per heavy atom. The van der Waals surface area contributed by atoms with Gasteiger partial charge in [0.1, 0.15) is 5.75 Å². The summed E-state index contributed by atoms with van der Waals surface area (Å²) in [5, 5.41) is 0. The zero-order chi connectivity index (χ0) is 15.0. The fourth-order valence-corrected chi connectivity index (χ4v) is 5.01. The summed E-state index contributed by atoms with van der Waals surface area (Å²) in [4.78, 5) is 27.4. The minimum atomic E-state index is -0.156. The second-order valence-electron chi connectivity index (χ2n) is 6.84. The molecule has 1 heterocycles. The summed E-state index contributed by atoms with van der Waals surface area (Å²) in [6, 6.07) is 7.27. The van der Waals surface area contributed by atoms with Gasteiger partial charge in [-0.2, -0.15) is 0 Å². The number of allylic oxidation sites excluding steroid dienone is 2. The van der Waals surface area contributed by atoms with Crippen molar-refractivity contribution in [3.05, 3.63) is 36.4 Å². The van der Waals surface area contributed by atoms with Crippen LogP contribution in [0.15, 0.2) is 36.4 Å². The molecule has 6 atom stereocenters. The van der Waals surface area contributed by atoms with Crippen molar-refractivity contribution in [3.63, 3.8) is 0 Å². The molecule has 1 aliphatic heterocycles. The first-order chi connectivity index (χ1) is 10.7. The van der Waals surface area contributed by atoms with E-state index in [4.69, 9.17) is 4.74 Å². The van der Waals surface area contributed by atoms with Crippen molar-refractivity contribution in [1.29, 1.82) is 0 Å². The molecule has 2 amide bonds. The van der Waals surface area contributed by atoms with Gasteiger partial charge in [0.05, 0.1) is 24.6 Å². The van der Waals surface area contributed by atoms with E-state index in [1.165, 1.54) is 11.3 Å². The first kappa shape index (κ1) is 12.4. The average Bonchev–Trinajstić information content (AvgIpc) is 3.32. The van der Waals surface area contributed by atoms with E-state index in [1.807, 2.05) is 12.1 Å². The molecule has 0 unspecified atom stereocenters. The number of hydrogen-bond acceptors (Lipinski definition) is 3. The first-order valence-corrected chi connectivity index (χ1v) is 7.91. The Morgan fingerprint density at radius 3 is 2.18 bits per heavy atom. The van der Waals surface area contributed by atoms with Crippen LogP contribution in [0.4, 0.5) is 5.69 Å². The highest BCUT2D eigenvalue weighted by Crippen LogP contribution is 2.65. The summed E-state index contributed by atoms with van der Waals surface area (Å²) in [5.74, 6) is 1.97. The van der Waals surface area contributed by atoms with Gasteiger partial charge in [-0.15, -0.1) is 0 Å². The van der Waals surface area contributed by atoms with Gasteiger partial charge in [0, 0.05) is 0 Å². The number of hydrogen-bond donors (Lipinski definition) is 0. The van der Waals surface area contributed by atoms with E-state index >= 15 is 0 Å². The van der Waals surface area contributed by atoms with E-state index in [9.17, 15) is 9.59 Å². The number of amides is 2. The lowest BCUT2D eigenvalue weighted by Gasteiger charge is -2.37. The number of para-hydroxylation sites is 2. The molecule has 22 heavy (non-hydrogen) atoms. The molecule has 6 rings (SSSR count). The van der Waals surface area contributed by atoms with Crippen molar-refractivity contribution in [1.82, 2.24) is 0 Å². The molecular weight excluding hydrogens is 278 g/mol. The SMILES string of the molecule is COc1ccccc1N1C(=O)[C@@H]2[C@@H]3C=C[C@H]([C@H]4C[C@@H]34)[C@@H]2C1=O. The summed E-state index contributed by atoms with van der Waals surface area (Å²) in [6.45, 7) is 0. The minimum Gasteiger partial charge on any atom is -0.495 e. The number of nitrogens with zero attached hydrogens (tertiary/aromatic N) is 1. The molecule has 0 N–H and O–H groups in total. The van der Waals surface area contributed by atoms with Crippen LogP contribution in [0.2, 0.25) is 0 Å². The molecule has 2 saturated carbocycles. The molecule has 1 aromatic rings.